The van der Waals surface area contributed by atoms with Gasteiger partial charge in [0.1, 0.15) is 0 Å². The first kappa shape index (κ1) is 16.6. The van der Waals surface area contributed by atoms with Gasteiger partial charge >= 0.3 is 7.60 Å². The third-order valence-electron chi connectivity index (χ3n) is 3.95. The van der Waals surface area contributed by atoms with E-state index in [-0.39, 0.29) is 17.5 Å². The van der Waals surface area contributed by atoms with Gasteiger partial charge in [0, 0.05) is 0 Å². The summed E-state index contributed by atoms with van der Waals surface area (Å²) >= 11 is 0. The highest BCUT2D eigenvalue weighted by Gasteiger charge is 2.41. The van der Waals surface area contributed by atoms with Gasteiger partial charge in [-0.05, 0) is 24.1 Å². The fourth-order valence-electron chi connectivity index (χ4n) is 2.94. The summed E-state index contributed by atoms with van der Waals surface area (Å²) in [6, 6.07) is 14.5. The largest absolute Gasteiger partial charge is 0.327 e. The van der Waals surface area contributed by atoms with Crippen LogP contribution in [0.4, 0.5) is 0 Å². The molecular formula is C17H16NO5P. The summed E-state index contributed by atoms with van der Waals surface area (Å²) in [6.45, 7) is 0. The molecule has 1 atom stereocenters. The second-order valence-corrected chi connectivity index (χ2v) is 7.41. The maximum absolute atomic E-state index is 12.6. The first-order valence-corrected chi connectivity index (χ1v) is 9.22. The van der Waals surface area contributed by atoms with Crippen LogP contribution in [0.15, 0.2) is 54.6 Å². The number of amides is 2. The highest BCUT2D eigenvalue weighted by molar-refractivity contribution is 7.51. The summed E-state index contributed by atoms with van der Waals surface area (Å²) in [6.07, 6.45) is -0.370. The molecule has 0 aromatic heterocycles. The topological polar surface area (TPSA) is 94.9 Å². The smallest absolute Gasteiger partial charge is 0.324 e. The Bertz CT molecular complexity index is 795. The molecule has 2 aromatic carbocycles. The summed E-state index contributed by atoms with van der Waals surface area (Å²) in [5, 5.41) is 0. The molecule has 0 bridgehead atoms. The van der Waals surface area contributed by atoms with Gasteiger partial charge in [-0.15, -0.1) is 0 Å². The van der Waals surface area contributed by atoms with Crippen molar-refractivity contribution in [2.45, 2.75) is 12.5 Å². The molecule has 0 aliphatic carbocycles. The number of benzene rings is 2. The zero-order valence-electron chi connectivity index (χ0n) is 12.7. The fourth-order valence-corrected chi connectivity index (χ4v) is 3.78. The average Bonchev–Trinajstić information content (AvgIpc) is 2.78. The lowest BCUT2D eigenvalue weighted by Gasteiger charge is -2.26. The van der Waals surface area contributed by atoms with E-state index in [2.05, 4.69) is 0 Å². The fraction of sp³-hybridized carbons (Fsp3) is 0.176. The summed E-state index contributed by atoms with van der Waals surface area (Å²) in [4.78, 5) is 44.9. The van der Waals surface area contributed by atoms with Crippen molar-refractivity contribution in [3.8, 4) is 0 Å². The van der Waals surface area contributed by atoms with E-state index in [9.17, 15) is 23.9 Å². The lowest BCUT2D eigenvalue weighted by Crippen LogP contribution is -2.43. The lowest BCUT2D eigenvalue weighted by molar-refractivity contribution is 0.0596. The van der Waals surface area contributed by atoms with E-state index >= 15 is 0 Å². The van der Waals surface area contributed by atoms with E-state index in [1.54, 1.807) is 48.5 Å². The molecule has 0 radical (unpaired) electrons. The molecule has 7 heteroatoms. The van der Waals surface area contributed by atoms with Crippen LogP contribution in [0.2, 0.25) is 0 Å². The third-order valence-corrected chi connectivity index (χ3v) is 4.85. The van der Waals surface area contributed by atoms with Gasteiger partial charge < -0.3 is 9.79 Å². The minimum Gasteiger partial charge on any atom is -0.324 e. The molecule has 0 saturated heterocycles. The van der Waals surface area contributed by atoms with Crippen molar-refractivity contribution in [2.24, 2.45) is 0 Å². The molecule has 2 aromatic rings. The number of hydrogen-bond donors (Lipinski definition) is 2. The molecular weight excluding hydrogens is 329 g/mol. The van der Waals surface area contributed by atoms with E-state index in [1.807, 2.05) is 6.07 Å². The molecule has 0 saturated carbocycles. The number of imide groups is 1. The van der Waals surface area contributed by atoms with Gasteiger partial charge in [-0.3, -0.25) is 19.1 Å². The number of carbonyl (C=O) groups is 2. The maximum atomic E-state index is 12.6. The molecule has 24 heavy (non-hydrogen) atoms. The SMILES string of the molecule is O=C1c2ccccc2C(=O)N1C(Cc1ccccc1)CP(=O)(O)O. The molecule has 3 rings (SSSR count). The monoisotopic (exact) mass is 345 g/mol. The van der Waals surface area contributed by atoms with Gasteiger partial charge in [-0.2, -0.15) is 0 Å². The molecule has 1 aliphatic rings. The van der Waals surface area contributed by atoms with Crippen molar-refractivity contribution < 1.29 is 23.9 Å². The summed E-state index contributed by atoms with van der Waals surface area (Å²) in [7, 11) is -4.41. The average molecular weight is 345 g/mol. The van der Waals surface area contributed by atoms with Gasteiger partial charge in [0.2, 0.25) is 0 Å². The Morgan fingerprint density at radius 2 is 1.38 bits per heavy atom. The van der Waals surface area contributed by atoms with Crippen LogP contribution in [-0.4, -0.2) is 38.7 Å². The van der Waals surface area contributed by atoms with Crippen molar-refractivity contribution in [3.63, 3.8) is 0 Å². The molecule has 6 nitrogen and oxygen atoms in total. The Morgan fingerprint density at radius 3 is 1.88 bits per heavy atom. The van der Waals surface area contributed by atoms with Gasteiger partial charge in [-0.1, -0.05) is 42.5 Å². The van der Waals surface area contributed by atoms with Gasteiger partial charge in [0.05, 0.1) is 23.3 Å². The van der Waals surface area contributed by atoms with E-state index in [4.69, 9.17) is 0 Å². The molecule has 1 heterocycles. The second kappa shape index (κ2) is 6.32. The van der Waals surface area contributed by atoms with Crippen molar-refractivity contribution in [3.05, 3.63) is 71.3 Å². The molecule has 2 amide bonds. The number of carbonyl (C=O) groups excluding carboxylic acids is 2. The predicted octanol–water partition coefficient (Wildman–Crippen LogP) is 2.07. The minimum atomic E-state index is -4.41. The van der Waals surface area contributed by atoms with Crippen molar-refractivity contribution >= 4 is 19.4 Å². The number of hydrogen-bond acceptors (Lipinski definition) is 3. The Balaban J connectivity index is 1.96. The van der Waals surface area contributed by atoms with Gasteiger partial charge in [0.15, 0.2) is 0 Å². The summed E-state index contributed by atoms with van der Waals surface area (Å²) < 4.78 is 11.5. The third kappa shape index (κ3) is 3.31. The van der Waals surface area contributed by atoms with Crippen molar-refractivity contribution in [2.75, 3.05) is 6.16 Å². The zero-order chi connectivity index (χ0) is 17.3. The van der Waals surface area contributed by atoms with Crippen LogP contribution in [0.5, 0.6) is 0 Å². The van der Waals surface area contributed by atoms with Crippen LogP contribution >= 0.6 is 7.60 Å². The molecule has 0 fully saturated rings. The van der Waals surface area contributed by atoms with Gasteiger partial charge in [0.25, 0.3) is 11.8 Å². The van der Waals surface area contributed by atoms with Crippen molar-refractivity contribution in [1.82, 2.24) is 4.90 Å². The molecule has 1 unspecified atom stereocenters. The van der Waals surface area contributed by atoms with Crippen LogP contribution < -0.4 is 0 Å². The maximum Gasteiger partial charge on any atom is 0.327 e. The zero-order valence-corrected chi connectivity index (χ0v) is 13.6. The Morgan fingerprint density at radius 1 is 0.875 bits per heavy atom. The predicted molar refractivity (Wildman–Crippen MR) is 87.8 cm³/mol. The quantitative estimate of drug-likeness (QED) is 0.639. The Kier molecular flexibility index (Phi) is 4.37. The van der Waals surface area contributed by atoms with E-state index in [0.29, 0.717) is 0 Å². The minimum absolute atomic E-state index is 0.192. The second-order valence-electron chi connectivity index (χ2n) is 5.72. The van der Waals surface area contributed by atoms with Crippen LogP contribution in [0.3, 0.4) is 0 Å². The van der Waals surface area contributed by atoms with Crippen LogP contribution in [-0.2, 0) is 11.0 Å². The van der Waals surface area contributed by atoms with E-state index in [1.165, 1.54) is 0 Å². The Hall–Kier alpha value is -2.27. The van der Waals surface area contributed by atoms with Crippen LogP contribution in [0.25, 0.3) is 0 Å². The number of fused-ring (bicyclic) bond motifs is 1. The number of rotatable bonds is 5. The van der Waals surface area contributed by atoms with Crippen LogP contribution in [0.1, 0.15) is 26.3 Å². The first-order valence-electron chi connectivity index (χ1n) is 7.42. The first-order chi connectivity index (χ1) is 11.4. The van der Waals surface area contributed by atoms with E-state index in [0.717, 1.165) is 10.5 Å². The molecule has 2 N–H and O–H groups in total. The van der Waals surface area contributed by atoms with Crippen LogP contribution in [0, 0.1) is 0 Å². The standard InChI is InChI=1S/C17H16NO5P/c19-16-14-8-4-5-9-15(14)17(20)18(16)13(11-24(21,22)23)10-12-6-2-1-3-7-12/h1-9,13H,10-11H2,(H2,21,22,23). The number of nitrogens with zero attached hydrogens (tertiary/aromatic N) is 1. The Labute approximate surface area is 138 Å². The molecule has 124 valence electrons. The van der Waals surface area contributed by atoms with E-state index < -0.39 is 31.6 Å². The summed E-state index contributed by atoms with van der Waals surface area (Å²) in [5.41, 5.74) is 1.34. The highest BCUT2D eigenvalue weighted by Crippen LogP contribution is 2.38. The lowest BCUT2D eigenvalue weighted by atomic mass is 10.1. The normalized spacial score (nSPS) is 15.5. The summed E-state index contributed by atoms with van der Waals surface area (Å²) in [5.74, 6) is -1.02. The highest BCUT2D eigenvalue weighted by atomic mass is 31.2. The van der Waals surface area contributed by atoms with Crippen molar-refractivity contribution in [1.29, 1.82) is 0 Å². The molecule has 0 spiro atoms. The van der Waals surface area contributed by atoms with Gasteiger partial charge in [-0.25, -0.2) is 0 Å². The molecule has 1 aliphatic heterocycles.